The number of fused-ring (bicyclic) bond motifs is 1. The number of ether oxygens (including phenoxy) is 1. The van der Waals surface area contributed by atoms with Gasteiger partial charge in [0.05, 0.1) is 23.7 Å². The zero-order valence-corrected chi connectivity index (χ0v) is 20.1. The molecule has 1 unspecified atom stereocenters. The molecule has 0 bridgehead atoms. The fourth-order valence-electron chi connectivity index (χ4n) is 4.65. The van der Waals surface area contributed by atoms with Crippen molar-refractivity contribution in [1.82, 2.24) is 9.88 Å². The molecule has 1 aromatic heterocycles. The molecular formula is C28H23ClN2O5. The maximum Gasteiger partial charge on any atom is 0.295 e. The van der Waals surface area contributed by atoms with E-state index in [2.05, 4.69) is 4.98 Å². The highest BCUT2D eigenvalue weighted by atomic mass is 35.5. The Morgan fingerprint density at radius 2 is 1.83 bits per heavy atom. The Morgan fingerprint density at radius 1 is 1.08 bits per heavy atom. The highest BCUT2D eigenvalue weighted by Crippen LogP contribution is 2.41. The number of halogens is 1. The molecule has 1 aliphatic heterocycles. The number of aliphatic hydroxyl groups excluding tert-OH is 1. The van der Waals surface area contributed by atoms with Crippen molar-refractivity contribution in [3.63, 3.8) is 0 Å². The molecule has 36 heavy (non-hydrogen) atoms. The highest BCUT2D eigenvalue weighted by molar-refractivity contribution is 6.47. The van der Waals surface area contributed by atoms with Gasteiger partial charge in [-0.2, -0.15) is 0 Å². The van der Waals surface area contributed by atoms with Gasteiger partial charge in [0.15, 0.2) is 0 Å². The summed E-state index contributed by atoms with van der Waals surface area (Å²) in [4.78, 5) is 31.2. The molecule has 8 heteroatoms. The Bertz CT molecular complexity index is 1510. The van der Waals surface area contributed by atoms with Crippen molar-refractivity contribution in [3.8, 4) is 11.5 Å². The first-order chi connectivity index (χ1) is 17.4. The van der Waals surface area contributed by atoms with Crippen molar-refractivity contribution in [2.45, 2.75) is 12.5 Å². The van der Waals surface area contributed by atoms with E-state index in [0.717, 1.165) is 16.5 Å². The van der Waals surface area contributed by atoms with Crippen LogP contribution in [0.4, 0.5) is 0 Å². The largest absolute Gasteiger partial charge is 0.508 e. The third-order valence-corrected chi connectivity index (χ3v) is 6.80. The van der Waals surface area contributed by atoms with Crippen LogP contribution in [0.15, 0.2) is 78.5 Å². The van der Waals surface area contributed by atoms with Crippen LogP contribution in [-0.2, 0) is 16.0 Å². The number of carbonyl (C=O) groups is 2. The number of H-pyrrole nitrogens is 1. The van der Waals surface area contributed by atoms with Crippen LogP contribution in [0, 0.1) is 0 Å². The standard InChI is InChI=1S/C28H23ClN2O5/c1-36-19-10-11-22(29)21(14-19)26(33)24-25(16-6-8-18(32)9-7-16)31(28(35)27(24)34)13-12-17-15-30-23-5-3-2-4-20(17)23/h2-11,14-15,25,30,32-33H,12-13H2,1H3/b26-24+. The van der Waals surface area contributed by atoms with E-state index < -0.39 is 17.7 Å². The summed E-state index contributed by atoms with van der Waals surface area (Å²) in [7, 11) is 1.48. The number of aromatic nitrogens is 1. The van der Waals surface area contributed by atoms with Crippen molar-refractivity contribution >= 4 is 40.0 Å². The number of Topliss-reactive ketones (excluding diaryl/α,β-unsaturated/α-hetero) is 1. The van der Waals surface area contributed by atoms with Crippen LogP contribution in [0.5, 0.6) is 11.5 Å². The molecule has 0 saturated carbocycles. The summed E-state index contributed by atoms with van der Waals surface area (Å²) in [6, 6.07) is 17.9. The lowest BCUT2D eigenvalue weighted by Crippen LogP contribution is -2.31. The number of aromatic hydroxyl groups is 1. The van der Waals surface area contributed by atoms with Crippen LogP contribution in [0.1, 0.15) is 22.7 Å². The lowest BCUT2D eigenvalue weighted by molar-refractivity contribution is -0.139. The minimum atomic E-state index is -0.863. The number of aliphatic hydroxyl groups is 1. The number of ketones is 1. The second-order valence-corrected chi connectivity index (χ2v) is 8.95. The van der Waals surface area contributed by atoms with Crippen LogP contribution in [0.3, 0.4) is 0 Å². The van der Waals surface area contributed by atoms with E-state index in [1.165, 1.54) is 30.2 Å². The molecule has 0 radical (unpaired) electrons. The molecule has 1 fully saturated rings. The van der Waals surface area contributed by atoms with E-state index >= 15 is 0 Å². The van der Waals surface area contributed by atoms with Gasteiger partial charge in [0, 0.05) is 29.2 Å². The van der Waals surface area contributed by atoms with Gasteiger partial charge in [0.25, 0.3) is 11.7 Å². The van der Waals surface area contributed by atoms with Gasteiger partial charge in [-0.25, -0.2) is 0 Å². The number of hydrogen-bond donors (Lipinski definition) is 3. The van der Waals surface area contributed by atoms with E-state index in [9.17, 15) is 19.8 Å². The van der Waals surface area contributed by atoms with Crippen LogP contribution in [0.2, 0.25) is 5.02 Å². The third-order valence-electron chi connectivity index (χ3n) is 6.47. The molecule has 3 N–H and O–H groups in total. The number of amides is 1. The van der Waals surface area contributed by atoms with Crippen molar-refractivity contribution in [1.29, 1.82) is 0 Å². The molecule has 1 amide bonds. The average molecular weight is 503 g/mol. The normalized spacial score (nSPS) is 17.2. The van der Waals surface area contributed by atoms with E-state index in [-0.39, 0.29) is 34.2 Å². The number of benzene rings is 3. The van der Waals surface area contributed by atoms with E-state index in [0.29, 0.717) is 17.7 Å². The molecule has 2 heterocycles. The number of phenolic OH excluding ortho intramolecular Hbond substituents is 1. The minimum Gasteiger partial charge on any atom is -0.508 e. The monoisotopic (exact) mass is 502 g/mol. The molecular weight excluding hydrogens is 480 g/mol. The lowest BCUT2D eigenvalue weighted by Gasteiger charge is -2.25. The first-order valence-electron chi connectivity index (χ1n) is 11.3. The Balaban J connectivity index is 1.59. The summed E-state index contributed by atoms with van der Waals surface area (Å²) >= 11 is 6.35. The van der Waals surface area contributed by atoms with E-state index in [1.807, 2.05) is 30.5 Å². The molecule has 1 saturated heterocycles. The highest BCUT2D eigenvalue weighted by Gasteiger charge is 2.46. The molecule has 5 rings (SSSR count). The average Bonchev–Trinajstić information content (AvgIpc) is 3.41. The van der Waals surface area contributed by atoms with Gasteiger partial charge in [0.2, 0.25) is 0 Å². The number of likely N-dealkylation sites (tertiary alicyclic amines) is 1. The summed E-state index contributed by atoms with van der Waals surface area (Å²) in [5, 5.41) is 22.3. The lowest BCUT2D eigenvalue weighted by atomic mass is 9.95. The van der Waals surface area contributed by atoms with E-state index in [4.69, 9.17) is 16.3 Å². The van der Waals surface area contributed by atoms with Crippen LogP contribution < -0.4 is 4.74 Å². The molecule has 0 aliphatic carbocycles. The van der Waals surface area contributed by atoms with Crippen LogP contribution in [0.25, 0.3) is 16.7 Å². The molecule has 4 aromatic rings. The number of nitrogens with one attached hydrogen (secondary N) is 1. The summed E-state index contributed by atoms with van der Waals surface area (Å²) in [5.74, 6) is -1.41. The van der Waals surface area contributed by atoms with Gasteiger partial charge in [-0.15, -0.1) is 0 Å². The zero-order valence-electron chi connectivity index (χ0n) is 19.4. The predicted molar refractivity (Wildman–Crippen MR) is 137 cm³/mol. The van der Waals surface area contributed by atoms with E-state index in [1.54, 1.807) is 24.3 Å². The van der Waals surface area contributed by atoms with Gasteiger partial charge < -0.3 is 24.8 Å². The SMILES string of the molecule is COc1ccc(Cl)c(/C(O)=C2\C(=O)C(=O)N(CCc3c[nH]c4ccccc34)C2c2ccc(O)cc2)c1. The van der Waals surface area contributed by atoms with Crippen molar-refractivity contribution in [2.75, 3.05) is 13.7 Å². The maximum atomic E-state index is 13.3. The number of aromatic amines is 1. The predicted octanol–water partition coefficient (Wildman–Crippen LogP) is 5.20. The first-order valence-corrected chi connectivity index (χ1v) is 11.7. The quantitative estimate of drug-likeness (QED) is 0.191. The maximum absolute atomic E-state index is 13.3. The molecule has 7 nitrogen and oxygen atoms in total. The summed E-state index contributed by atoms with van der Waals surface area (Å²) in [5.41, 5.74) is 2.69. The third kappa shape index (κ3) is 4.07. The number of methoxy groups -OCH3 is 1. The fourth-order valence-corrected chi connectivity index (χ4v) is 4.86. The fraction of sp³-hybridized carbons (Fsp3) is 0.143. The zero-order chi connectivity index (χ0) is 25.4. The Hall–Kier alpha value is -4.23. The number of para-hydroxylation sites is 1. The molecule has 0 spiro atoms. The summed E-state index contributed by atoms with van der Waals surface area (Å²) < 4.78 is 5.25. The molecule has 182 valence electrons. The Kier molecular flexibility index (Phi) is 6.16. The summed E-state index contributed by atoms with van der Waals surface area (Å²) in [6.45, 7) is 0.237. The second-order valence-electron chi connectivity index (χ2n) is 8.54. The summed E-state index contributed by atoms with van der Waals surface area (Å²) in [6.07, 6.45) is 2.39. The van der Waals surface area contributed by atoms with Crippen LogP contribution in [-0.4, -0.2) is 45.4 Å². The Morgan fingerprint density at radius 3 is 2.58 bits per heavy atom. The number of phenols is 1. The first kappa shape index (κ1) is 23.5. The van der Waals surface area contributed by atoms with Crippen LogP contribution >= 0.6 is 11.6 Å². The number of rotatable bonds is 6. The van der Waals surface area contributed by atoms with Crippen molar-refractivity contribution in [2.24, 2.45) is 0 Å². The van der Waals surface area contributed by atoms with Gasteiger partial charge in [-0.3, -0.25) is 9.59 Å². The van der Waals surface area contributed by atoms with Crippen molar-refractivity contribution < 1.29 is 24.5 Å². The molecule has 1 atom stereocenters. The Labute approximate surface area is 212 Å². The van der Waals surface area contributed by atoms with Gasteiger partial charge in [0.1, 0.15) is 17.3 Å². The number of hydrogen-bond acceptors (Lipinski definition) is 5. The van der Waals surface area contributed by atoms with Gasteiger partial charge in [-0.1, -0.05) is 41.9 Å². The topological polar surface area (TPSA) is 103 Å². The van der Waals surface area contributed by atoms with Gasteiger partial charge in [-0.05, 0) is 53.9 Å². The molecule has 3 aromatic carbocycles. The van der Waals surface area contributed by atoms with Crippen molar-refractivity contribution in [3.05, 3.63) is 100 Å². The minimum absolute atomic E-state index is 0.0466. The van der Waals surface area contributed by atoms with Gasteiger partial charge >= 0.3 is 0 Å². The smallest absolute Gasteiger partial charge is 0.295 e. The number of nitrogens with zero attached hydrogens (tertiary/aromatic N) is 1. The second kappa shape index (κ2) is 9.43. The number of carbonyl (C=O) groups excluding carboxylic acids is 2. The molecule has 1 aliphatic rings.